The van der Waals surface area contributed by atoms with Crippen molar-refractivity contribution in [3.05, 3.63) is 55.4 Å². The zero-order chi connectivity index (χ0) is 23.5. The van der Waals surface area contributed by atoms with Crippen molar-refractivity contribution < 1.29 is 9.53 Å². The smallest absolute Gasteiger partial charge is 0.415 e. The van der Waals surface area contributed by atoms with Crippen LogP contribution < -0.4 is 10.5 Å². The maximum atomic E-state index is 12.5. The van der Waals surface area contributed by atoms with Gasteiger partial charge >= 0.3 is 6.09 Å². The van der Waals surface area contributed by atoms with Gasteiger partial charge in [0.1, 0.15) is 12.1 Å². The number of carbonyl (C=O) groups is 1. The first kappa shape index (κ1) is 24.7. The minimum Gasteiger partial charge on any atom is -0.443 e. The quantitative estimate of drug-likeness (QED) is 0.576. The predicted molar refractivity (Wildman–Crippen MR) is 122 cm³/mol. The van der Waals surface area contributed by atoms with E-state index in [2.05, 4.69) is 5.10 Å². The van der Waals surface area contributed by atoms with E-state index in [0.717, 1.165) is 0 Å². The summed E-state index contributed by atoms with van der Waals surface area (Å²) in [6.07, 6.45) is -0.369. The molecule has 1 heterocycles. The zero-order valence-electron chi connectivity index (χ0n) is 18.5. The number of benzene rings is 1. The van der Waals surface area contributed by atoms with Crippen molar-refractivity contribution in [2.24, 2.45) is 7.05 Å². The molecule has 7 nitrogen and oxygen atoms in total. The molecule has 166 valence electrons. The number of amides is 1. The number of carbonyl (C=O) groups excluding carboxylic acids is 1. The number of hydrogen-bond donors (Lipinski definition) is 0. The van der Waals surface area contributed by atoms with E-state index in [0.29, 0.717) is 39.0 Å². The molecule has 2 rings (SSSR count). The fourth-order valence-corrected chi connectivity index (χ4v) is 3.55. The van der Waals surface area contributed by atoms with Crippen molar-refractivity contribution in [2.45, 2.75) is 52.6 Å². The topological polar surface area (TPSA) is 88.2 Å². The van der Waals surface area contributed by atoms with Crippen LogP contribution in [0, 0.1) is 11.3 Å². The van der Waals surface area contributed by atoms with Gasteiger partial charge in [0.2, 0.25) is 0 Å². The highest BCUT2D eigenvalue weighted by Crippen LogP contribution is 2.33. The van der Waals surface area contributed by atoms with Gasteiger partial charge in [-0.2, -0.15) is 10.4 Å². The van der Waals surface area contributed by atoms with Gasteiger partial charge in [-0.3, -0.25) is 9.69 Å². The van der Waals surface area contributed by atoms with E-state index in [1.54, 1.807) is 46.0 Å². The number of hydrogen-bond acceptors (Lipinski definition) is 5. The number of nitriles is 1. The Hall–Kier alpha value is -2.56. The van der Waals surface area contributed by atoms with Gasteiger partial charge in [-0.1, -0.05) is 37.0 Å². The van der Waals surface area contributed by atoms with Crippen LogP contribution in [0.2, 0.25) is 10.0 Å². The summed E-state index contributed by atoms with van der Waals surface area (Å²) in [5.74, 6) is 0.0436. The van der Waals surface area contributed by atoms with E-state index >= 15 is 0 Å². The third-order valence-corrected chi connectivity index (χ3v) is 5.08. The molecule has 0 fully saturated rings. The second kappa shape index (κ2) is 9.71. The van der Waals surface area contributed by atoms with E-state index in [4.69, 9.17) is 33.2 Å². The Labute approximate surface area is 192 Å². The Morgan fingerprint density at radius 1 is 1.26 bits per heavy atom. The number of nitrogens with zero attached hydrogens (tertiary/aromatic N) is 4. The van der Waals surface area contributed by atoms with Crippen molar-refractivity contribution >= 4 is 35.0 Å². The van der Waals surface area contributed by atoms with E-state index in [1.165, 1.54) is 9.58 Å². The summed E-state index contributed by atoms with van der Waals surface area (Å²) in [6, 6.07) is 6.84. The van der Waals surface area contributed by atoms with Crippen molar-refractivity contribution in [3.8, 4) is 6.07 Å². The number of rotatable bonds is 5. The van der Waals surface area contributed by atoms with Crippen molar-refractivity contribution in [2.75, 3.05) is 11.4 Å². The molecule has 0 unspecified atom stereocenters. The minimum atomic E-state index is -0.721. The lowest BCUT2D eigenvalue weighted by atomic mass is 10.0. The number of anilines is 1. The van der Waals surface area contributed by atoms with Gasteiger partial charge in [0.15, 0.2) is 0 Å². The number of aromatic nitrogens is 2. The molecule has 1 aromatic heterocycles. The van der Waals surface area contributed by atoms with Crippen LogP contribution in [0.1, 0.15) is 57.4 Å². The Bertz CT molecular complexity index is 1060. The number of halogens is 2. The largest absolute Gasteiger partial charge is 0.443 e. The molecule has 0 aliphatic carbocycles. The first-order valence-corrected chi connectivity index (χ1v) is 10.5. The molecule has 1 aromatic carbocycles. The molecule has 0 atom stereocenters. The normalized spacial score (nSPS) is 11.4. The third-order valence-electron chi connectivity index (χ3n) is 4.40. The summed E-state index contributed by atoms with van der Waals surface area (Å²) in [7, 11) is 1.60. The van der Waals surface area contributed by atoms with Crippen molar-refractivity contribution in [1.29, 1.82) is 5.26 Å². The van der Waals surface area contributed by atoms with E-state index in [-0.39, 0.29) is 18.0 Å². The standard InChI is InChI=1S/C22H26Cl2N4O3/c1-13(2)16-9-14(26-27(6)20(16)29)10-17-18(23)11-15(12-19(17)24)28(8-7-25)21(30)31-22(3,4)5/h9,11-13H,8,10H2,1-6H3. The molecule has 0 aliphatic rings. The van der Waals surface area contributed by atoms with E-state index in [9.17, 15) is 9.59 Å². The molecular formula is C22H26Cl2N4O3. The Morgan fingerprint density at radius 3 is 2.32 bits per heavy atom. The molecule has 0 aliphatic heterocycles. The molecule has 0 saturated carbocycles. The summed E-state index contributed by atoms with van der Waals surface area (Å²) in [4.78, 5) is 26.0. The Morgan fingerprint density at radius 2 is 1.84 bits per heavy atom. The first-order chi connectivity index (χ1) is 14.3. The van der Waals surface area contributed by atoms with Gasteiger partial charge in [0, 0.05) is 29.1 Å². The average molecular weight is 465 g/mol. The van der Waals surface area contributed by atoms with Crippen LogP contribution in [0.5, 0.6) is 0 Å². The predicted octanol–water partition coefficient (Wildman–Crippen LogP) is 5.07. The highest BCUT2D eigenvalue weighted by Gasteiger charge is 2.25. The second-order valence-corrected chi connectivity index (χ2v) is 9.28. The highest BCUT2D eigenvalue weighted by molar-refractivity contribution is 6.36. The molecular weight excluding hydrogens is 439 g/mol. The molecule has 31 heavy (non-hydrogen) atoms. The number of ether oxygens (including phenoxy) is 1. The maximum Gasteiger partial charge on any atom is 0.415 e. The SMILES string of the molecule is CC(C)c1cc(Cc2c(Cl)cc(N(CC#N)C(=O)OC(C)(C)C)cc2Cl)nn(C)c1=O. The summed E-state index contributed by atoms with van der Waals surface area (Å²) in [6.45, 7) is 8.88. The van der Waals surface area contributed by atoms with Gasteiger partial charge in [0.25, 0.3) is 5.56 Å². The first-order valence-electron chi connectivity index (χ1n) is 9.76. The molecule has 1 amide bonds. The van der Waals surface area contributed by atoms with E-state index in [1.807, 2.05) is 19.9 Å². The summed E-state index contributed by atoms with van der Waals surface area (Å²) in [5, 5.41) is 14.1. The maximum absolute atomic E-state index is 12.5. The second-order valence-electron chi connectivity index (χ2n) is 8.46. The summed E-state index contributed by atoms with van der Waals surface area (Å²) in [5.41, 5.74) is 1.39. The van der Waals surface area contributed by atoms with Gasteiger partial charge in [-0.15, -0.1) is 0 Å². The van der Waals surface area contributed by atoms with Crippen molar-refractivity contribution in [3.63, 3.8) is 0 Å². The lowest BCUT2D eigenvalue weighted by Crippen LogP contribution is -2.37. The molecule has 0 spiro atoms. The van der Waals surface area contributed by atoms with Crippen LogP contribution in [0.15, 0.2) is 23.0 Å². The molecule has 9 heteroatoms. The Kier molecular flexibility index (Phi) is 7.74. The highest BCUT2D eigenvalue weighted by atomic mass is 35.5. The minimum absolute atomic E-state index is 0.0436. The van der Waals surface area contributed by atoms with Crippen LogP contribution in [0.4, 0.5) is 10.5 Å². The summed E-state index contributed by atoms with van der Waals surface area (Å²) < 4.78 is 6.68. The lowest BCUT2D eigenvalue weighted by Gasteiger charge is -2.26. The monoisotopic (exact) mass is 464 g/mol. The molecule has 0 bridgehead atoms. The van der Waals surface area contributed by atoms with Crippen LogP contribution >= 0.6 is 23.2 Å². The fraction of sp³-hybridized carbons (Fsp3) is 0.455. The summed E-state index contributed by atoms with van der Waals surface area (Å²) >= 11 is 13.0. The van der Waals surface area contributed by atoms with Gasteiger partial charge < -0.3 is 4.74 Å². The van der Waals surface area contributed by atoms with E-state index < -0.39 is 11.7 Å². The van der Waals surface area contributed by atoms with Crippen LogP contribution in [0.3, 0.4) is 0 Å². The average Bonchev–Trinajstić information content (AvgIpc) is 2.63. The van der Waals surface area contributed by atoms with Crippen molar-refractivity contribution in [1.82, 2.24) is 9.78 Å². The Balaban J connectivity index is 2.43. The fourth-order valence-electron chi connectivity index (χ4n) is 2.94. The van der Waals surface area contributed by atoms with Crippen LogP contribution in [-0.4, -0.2) is 28.0 Å². The molecule has 0 N–H and O–H groups in total. The zero-order valence-corrected chi connectivity index (χ0v) is 20.0. The number of aryl methyl sites for hydroxylation is 1. The molecule has 2 aromatic rings. The lowest BCUT2D eigenvalue weighted by molar-refractivity contribution is 0.0585. The molecule has 0 saturated heterocycles. The van der Waals surface area contributed by atoms with Gasteiger partial charge in [0.05, 0.1) is 17.5 Å². The van der Waals surface area contributed by atoms with Gasteiger partial charge in [-0.05, 0) is 50.5 Å². The van der Waals surface area contributed by atoms with Gasteiger partial charge in [-0.25, -0.2) is 9.48 Å². The molecule has 0 radical (unpaired) electrons. The third kappa shape index (κ3) is 6.22. The van der Waals surface area contributed by atoms with Crippen LogP contribution in [0.25, 0.3) is 0 Å². The van der Waals surface area contributed by atoms with Crippen LogP contribution in [-0.2, 0) is 18.2 Å².